The minimum absolute atomic E-state index is 0.0409. The Kier molecular flexibility index (Phi) is 4.09. The Labute approximate surface area is 103 Å². The van der Waals surface area contributed by atoms with Gasteiger partial charge >= 0.3 is 11.9 Å². The first kappa shape index (κ1) is 14.2. The average Bonchev–Trinajstić information content (AvgIpc) is 2.77. The van der Waals surface area contributed by atoms with Gasteiger partial charge in [0.05, 0.1) is 7.11 Å². The second-order valence-electron chi connectivity index (χ2n) is 3.42. The third kappa shape index (κ3) is 3.08. The van der Waals surface area contributed by atoms with Crippen LogP contribution in [0.4, 0.5) is 0 Å². The van der Waals surface area contributed by atoms with E-state index in [1.807, 2.05) is 4.72 Å². The Hall–Kier alpha value is -1.87. The lowest BCUT2D eigenvalue weighted by Crippen LogP contribution is -2.38. The lowest BCUT2D eigenvalue weighted by Gasteiger charge is -2.08. The van der Waals surface area contributed by atoms with E-state index in [0.717, 1.165) is 19.4 Å². The fraction of sp³-hybridized carbons (Fsp3) is 0.333. The molecule has 0 spiro atoms. The fourth-order valence-electron chi connectivity index (χ4n) is 1.11. The van der Waals surface area contributed by atoms with Gasteiger partial charge in [0.15, 0.2) is 0 Å². The number of sulfonamides is 1. The summed E-state index contributed by atoms with van der Waals surface area (Å²) in [6, 6.07) is -0.214. The maximum Gasteiger partial charge on any atom is 0.354 e. The monoisotopic (exact) mass is 276 g/mol. The van der Waals surface area contributed by atoms with E-state index in [-0.39, 0.29) is 10.6 Å². The number of hydrogen-bond acceptors (Lipinski definition) is 5. The normalized spacial score (nSPS) is 13.0. The molecule has 9 heteroatoms. The summed E-state index contributed by atoms with van der Waals surface area (Å²) in [4.78, 5) is 23.9. The Balaban J connectivity index is 2.96. The number of aromatic nitrogens is 1. The molecular weight excluding hydrogens is 264 g/mol. The Morgan fingerprint density at radius 2 is 2.11 bits per heavy atom. The molecular formula is C9H12N2O6S. The summed E-state index contributed by atoms with van der Waals surface area (Å²) >= 11 is 0. The summed E-state index contributed by atoms with van der Waals surface area (Å²) in [6.07, 6.45) is 1.07. The third-order valence-electron chi connectivity index (χ3n) is 2.07. The third-order valence-corrected chi connectivity index (χ3v) is 3.59. The zero-order valence-corrected chi connectivity index (χ0v) is 10.4. The molecule has 0 amide bonds. The van der Waals surface area contributed by atoms with Gasteiger partial charge in [-0.3, -0.25) is 4.79 Å². The largest absolute Gasteiger partial charge is 0.480 e. The molecule has 1 rings (SSSR count). The van der Waals surface area contributed by atoms with E-state index in [9.17, 15) is 18.0 Å². The maximum absolute atomic E-state index is 11.7. The van der Waals surface area contributed by atoms with Gasteiger partial charge in [0.25, 0.3) is 0 Å². The highest BCUT2D eigenvalue weighted by Gasteiger charge is 2.23. The van der Waals surface area contributed by atoms with Crippen LogP contribution in [0.3, 0.4) is 0 Å². The summed E-state index contributed by atoms with van der Waals surface area (Å²) in [5.41, 5.74) is -0.0409. The zero-order chi connectivity index (χ0) is 13.9. The molecule has 0 bridgehead atoms. The molecule has 100 valence electrons. The molecule has 0 saturated carbocycles. The van der Waals surface area contributed by atoms with Crippen molar-refractivity contribution in [2.24, 2.45) is 0 Å². The van der Waals surface area contributed by atoms with Gasteiger partial charge in [-0.2, -0.15) is 4.72 Å². The first-order valence-corrected chi connectivity index (χ1v) is 6.28. The number of nitrogens with one attached hydrogen (secondary N) is 2. The summed E-state index contributed by atoms with van der Waals surface area (Å²) in [5.74, 6) is -2.02. The van der Waals surface area contributed by atoms with Crippen molar-refractivity contribution in [1.82, 2.24) is 9.71 Å². The number of aliphatic carboxylic acids is 1. The molecule has 1 heterocycles. The summed E-state index contributed by atoms with van der Waals surface area (Å²) < 4.78 is 29.8. The molecule has 1 aromatic heterocycles. The lowest BCUT2D eigenvalue weighted by molar-refractivity contribution is -0.138. The van der Waals surface area contributed by atoms with Crippen molar-refractivity contribution in [3.63, 3.8) is 0 Å². The highest BCUT2D eigenvalue weighted by Crippen LogP contribution is 2.11. The van der Waals surface area contributed by atoms with Crippen LogP contribution in [-0.4, -0.2) is 43.6 Å². The van der Waals surface area contributed by atoms with E-state index in [1.165, 1.54) is 6.92 Å². The van der Waals surface area contributed by atoms with Crippen molar-refractivity contribution in [2.75, 3.05) is 7.11 Å². The van der Waals surface area contributed by atoms with E-state index in [1.54, 1.807) is 0 Å². The van der Waals surface area contributed by atoms with Crippen molar-refractivity contribution in [3.8, 4) is 0 Å². The maximum atomic E-state index is 11.7. The van der Waals surface area contributed by atoms with Gasteiger partial charge in [0.1, 0.15) is 16.6 Å². The molecule has 8 nitrogen and oxygen atoms in total. The van der Waals surface area contributed by atoms with E-state index < -0.39 is 28.0 Å². The smallest absolute Gasteiger partial charge is 0.354 e. The van der Waals surface area contributed by atoms with Gasteiger partial charge in [-0.05, 0) is 13.0 Å². The highest BCUT2D eigenvalue weighted by atomic mass is 32.2. The number of carbonyl (C=O) groups is 2. The Bertz CT molecular complexity index is 561. The van der Waals surface area contributed by atoms with Gasteiger partial charge < -0.3 is 14.8 Å². The first-order valence-electron chi connectivity index (χ1n) is 4.80. The number of hydrogen-bond donors (Lipinski definition) is 3. The first-order chi connectivity index (χ1) is 8.27. The second kappa shape index (κ2) is 5.19. The van der Waals surface area contributed by atoms with Gasteiger partial charge in [-0.25, -0.2) is 13.2 Å². The SMILES string of the molecule is COC(=O)c1cc(S(=O)(=O)N[C@@H](C)C(=O)O)c[nH]1. The van der Waals surface area contributed by atoms with Crippen LogP contribution in [0.15, 0.2) is 17.2 Å². The van der Waals surface area contributed by atoms with E-state index in [0.29, 0.717) is 0 Å². The zero-order valence-electron chi connectivity index (χ0n) is 9.63. The average molecular weight is 276 g/mol. The molecule has 0 aliphatic carbocycles. The van der Waals surface area contributed by atoms with Crippen LogP contribution in [0.25, 0.3) is 0 Å². The molecule has 0 saturated heterocycles. The topological polar surface area (TPSA) is 126 Å². The minimum atomic E-state index is -4.00. The van der Waals surface area contributed by atoms with Crippen LogP contribution >= 0.6 is 0 Å². The number of esters is 1. The van der Waals surface area contributed by atoms with Gasteiger partial charge in [-0.1, -0.05) is 0 Å². The quantitative estimate of drug-likeness (QED) is 0.625. The van der Waals surface area contributed by atoms with Crippen LogP contribution in [0.2, 0.25) is 0 Å². The van der Waals surface area contributed by atoms with E-state index >= 15 is 0 Å². The van der Waals surface area contributed by atoms with Crippen molar-refractivity contribution in [1.29, 1.82) is 0 Å². The number of aromatic amines is 1. The van der Waals surface area contributed by atoms with Gasteiger partial charge in [0, 0.05) is 6.20 Å². The molecule has 0 aromatic carbocycles. The summed E-state index contributed by atoms with van der Waals surface area (Å²) in [6.45, 7) is 1.19. The molecule has 0 unspecified atom stereocenters. The number of carbonyl (C=O) groups excluding carboxylic acids is 1. The number of carboxylic acid groups (broad SMARTS) is 1. The predicted octanol–water partition coefficient (Wildman–Crippen LogP) is -0.447. The van der Waals surface area contributed by atoms with Crippen LogP contribution in [-0.2, 0) is 19.6 Å². The molecule has 0 radical (unpaired) electrons. The standard InChI is InChI=1S/C9H12N2O6S/c1-5(8(12)13)11-18(15,16)6-3-7(10-4-6)9(14)17-2/h3-5,10-11H,1-2H3,(H,12,13)/t5-/m0/s1. The lowest BCUT2D eigenvalue weighted by atomic mass is 10.4. The van der Waals surface area contributed by atoms with Crippen molar-refractivity contribution >= 4 is 22.0 Å². The van der Waals surface area contributed by atoms with Gasteiger partial charge in [-0.15, -0.1) is 0 Å². The Morgan fingerprint density at radius 3 is 2.61 bits per heavy atom. The van der Waals surface area contributed by atoms with Crippen molar-refractivity contribution in [3.05, 3.63) is 18.0 Å². The minimum Gasteiger partial charge on any atom is -0.480 e. The molecule has 18 heavy (non-hydrogen) atoms. The number of carboxylic acids is 1. The second-order valence-corrected chi connectivity index (χ2v) is 5.14. The van der Waals surface area contributed by atoms with Crippen LogP contribution in [0, 0.1) is 0 Å². The predicted molar refractivity (Wildman–Crippen MR) is 59.6 cm³/mol. The number of ether oxygens (including phenoxy) is 1. The summed E-state index contributed by atoms with van der Waals surface area (Å²) in [5, 5.41) is 8.61. The number of rotatable bonds is 5. The van der Waals surface area contributed by atoms with Crippen LogP contribution < -0.4 is 4.72 Å². The van der Waals surface area contributed by atoms with Crippen molar-refractivity contribution in [2.45, 2.75) is 17.9 Å². The van der Waals surface area contributed by atoms with E-state index in [2.05, 4.69) is 9.72 Å². The molecule has 1 atom stereocenters. The number of H-pyrrole nitrogens is 1. The van der Waals surface area contributed by atoms with Crippen LogP contribution in [0.1, 0.15) is 17.4 Å². The summed E-state index contributed by atoms with van der Waals surface area (Å²) in [7, 11) is -2.84. The Morgan fingerprint density at radius 1 is 1.50 bits per heavy atom. The van der Waals surface area contributed by atoms with Crippen molar-refractivity contribution < 1.29 is 27.9 Å². The molecule has 1 aromatic rings. The number of methoxy groups -OCH3 is 1. The van der Waals surface area contributed by atoms with Crippen LogP contribution in [0.5, 0.6) is 0 Å². The van der Waals surface area contributed by atoms with Gasteiger partial charge in [0.2, 0.25) is 10.0 Å². The molecule has 3 N–H and O–H groups in total. The molecule has 0 fully saturated rings. The van der Waals surface area contributed by atoms with E-state index in [4.69, 9.17) is 5.11 Å². The molecule has 0 aliphatic rings. The fourth-order valence-corrected chi connectivity index (χ4v) is 2.30. The highest BCUT2D eigenvalue weighted by molar-refractivity contribution is 7.89. The molecule has 0 aliphatic heterocycles.